The molecule has 0 spiro atoms. The molecule has 0 aliphatic carbocycles. The van der Waals surface area contributed by atoms with Gasteiger partial charge in [-0.25, -0.2) is 9.67 Å². The van der Waals surface area contributed by atoms with Crippen LogP contribution in [0, 0.1) is 0 Å². The van der Waals surface area contributed by atoms with Crippen molar-refractivity contribution in [2.45, 2.75) is 11.3 Å². The average molecular weight is 248 g/mol. The molecule has 1 aromatic carbocycles. The second kappa shape index (κ2) is 5.33. The first kappa shape index (κ1) is 12.1. The third kappa shape index (κ3) is 2.68. The maximum Gasteiger partial charge on any atom is 0.158 e. The number of hydrogen-bond acceptors (Lipinski definition) is 4. The highest BCUT2D eigenvalue weighted by Gasteiger charge is 2.08. The van der Waals surface area contributed by atoms with Crippen molar-refractivity contribution in [1.29, 1.82) is 0 Å². The van der Waals surface area contributed by atoms with Gasteiger partial charge >= 0.3 is 0 Å². The number of benzene rings is 1. The van der Waals surface area contributed by atoms with Crippen molar-refractivity contribution in [3.05, 3.63) is 30.1 Å². The predicted molar refractivity (Wildman–Crippen MR) is 71.0 cm³/mol. The van der Waals surface area contributed by atoms with Crippen LogP contribution in [0.3, 0.4) is 0 Å². The number of hydrogen-bond donors (Lipinski definition) is 1. The lowest BCUT2D eigenvalue weighted by atomic mass is 10.2. The van der Waals surface area contributed by atoms with Gasteiger partial charge in [-0.05, 0) is 24.9 Å². The summed E-state index contributed by atoms with van der Waals surface area (Å²) in [6.07, 6.45) is 2.79. The topological polar surface area (TPSA) is 56.7 Å². The quantitative estimate of drug-likeness (QED) is 0.837. The van der Waals surface area contributed by atoms with E-state index in [1.807, 2.05) is 7.05 Å². The maximum absolute atomic E-state index is 5.50. The SMILES string of the molecule is CSc1ccc(-c2nc(CCN)nn2C)cc1. The molecule has 90 valence electrons. The van der Waals surface area contributed by atoms with Crippen LogP contribution in [0.2, 0.25) is 0 Å². The van der Waals surface area contributed by atoms with Gasteiger partial charge < -0.3 is 5.73 Å². The third-order valence-electron chi connectivity index (χ3n) is 2.52. The Hall–Kier alpha value is -1.33. The monoisotopic (exact) mass is 248 g/mol. The summed E-state index contributed by atoms with van der Waals surface area (Å²) < 4.78 is 1.80. The van der Waals surface area contributed by atoms with Crippen LogP contribution in [0.1, 0.15) is 5.82 Å². The van der Waals surface area contributed by atoms with Gasteiger partial charge in [-0.3, -0.25) is 0 Å². The summed E-state index contributed by atoms with van der Waals surface area (Å²) in [5.41, 5.74) is 6.59. The summed E-state index contributed by atoms with van der Waals surface area (Å²) in [5, 5.41) is 4.34. The van der Waals surface area contributed by atoms with Crippen LogP contribution in [0.15, 0.2) is 29.2 Å². The molecule has 0 saturated heterocycles. The highest BCUT2D eigenvalue weighted by Crippen LogP contribution is 2.21. The van der Waals surface area contributed by atoms with Crippen molar-refractivity contribution in [2.75, 3.05) is 12.8 Å². The summed E-state index contributed by atoms with van der Waals surface area (Å²) in [4.78, 5) is 5.74. The molecular weight excluding hydrogens is 232 g/mol. The molecule has 0 radical (unpaired) electrons. The normalized spacial score (nSPS) is 10.8. The minimum atomic E-state index is 0.578. The average Bonchev–Trinajstić information content (AvgIpc) is 2.71. The van der Waals surface area contributed by atoms with Crippen molar-refractivity contribution in [1.82, 2.24) is 14.8 Å². The van der Waals surface area contributed by atoms with E-state index in [0.717, 1.165) is 23.6 Å². The number of rotatable bonds is 4. The Morgan fingerprint density at radius 1 is 1.29 bits per heavy atom. The highest BCUT2D eigenvalue weighted by atomic mass is 32.2. The minimum absolute atomic E-state index is 0.578. The van der Waals surface area contributed by atoms with Gasteiger partial charge in [0.25, 0.3) is 0 Å². The molecule has 5 heteroatoms. The van der Waals surface area contributed by atoms with Gasteiger partial charge in [0.1, 0.15) is 0 Å². The molecule has 0 atom stereocenters. The predicted octanol–water partition coefficient (Wildman–Crippen LogP) is 1.71. The molecule has 2 aromatic rings. The number of aromatic nitrogens is 3. The van der Waals surface area contributed by atoms with E-state index in [2.05, 4.69) is 40.6 Å². The second-order valence-corrected chi connectivity index (χ2v) is 4.62. The van der Waals surface area contributed by atoms with Crippen LogP contribution < -0.4 is 5.73 Å². The Bertz CT molecular complexity index is 490. The summed E-state index contributed by atoms with van der Waals surface area (Å²) in [6, 6.07) is 8.33. The van der Waals surface area contributed by atoms with Gasteiger partial charge in [-0.2, -0.15) is 5.10 Å². The van der Waals surface area contributed by atoms with E-state index < -0.39 is 0 Å². The van der Waals surface area contributed by atoms with E-state index in [-0.39, 0.29) is 0 Å². The molecule has 0 aliphatic heterocycles. The lowest BCUT2D eigenvalue weighted by Crippen LogP contribution is -2.04. The summed E-state index contributed by atoms with van der Waals surface area (Å²) in [6.45, 7) is 0.578. The van der Waals surface area contributed by atoms with Crippen LogP contribution in [0.25, 0.3) is 11.4 Å². The Morgan fingerprint density at radius 3 is 2.59 bits per heavy atom. The van der Waals surface area contributed by atoms with Crippen molar-refractivity contribution in [3.8, 4) is 11.4 Å². The summed E-state index contributed by atoms with van der Waals surface area (Å²) in [5.74, 6) is 1.69. The van der Waals surface area contributed by atoms with Crippen LogP contribution >= 0.6 is 11.8 Å². The first-order valence-corrected chi connectivity index (χ1v) is 6.71. The molecule has 1 heterocycles. The molecule has 0 saturated carbocycles. The zero-order chi connectivity index (χ0) is 12.3. The van der Waals surface area contributed by atoms with E-state index in [1.165, 1.54) is 4.90 Å². The largest absolute Gasteiger partial charge is 0.330 e. The Balaban J connectivity index is 2.31. The number of nitrogens with zero attached hydrogens (tertiary/aromatic N) is 3. The van der Waals surface area contributed by atoms with E-state index in [4.69, 9.17) is 5.73 Å². The molecule has 0 unspecified atom stereocenters. The fraction of sp³-hybridized carbons (Fsp3) is 0.333. The lowest BCUT2D eigenvalue weighted by molar-refractivity contribution is 0.744. The number of aryl methyl sites for hydroxylation is 1. The minimum Gasteiger partial charge on any atom is -0.330 e. The Labute approximate surface area is 105 Å². The van der Waals surface area contributed by atoms with Crippen molar-refractivity contribution in [3.63, 3.8) is 0 Å². The van der Waals surface area contributed by atoms with E-state index >= 15 is 0 Å². The van der Waals surface area contributed by atoms with Gasteiger partial charge in [-0.15, -0.1) is 11.8 Å². The molecule has 0 fully saturated rings. The Morgan fingerprint density at radius 2 is 2.00 bits per heavy atom. The van der Waals surface area contributed by atoms with Gasteiger partial charge in [0.2, 0.25) is 0 Å². The van der Waals surface area contributed by atoms with Gasteiger partial charge in [0.15, 0.2) is 11.6 Å². The van der Waals surface area contributed by atoms with Gasteiger partial charge in [0, 0.05) is 23.9 Å². The van der Waals surface area contributed by atoms with E-state index in [9.17, 15) is 0 Å². The fourth-order valence-corrected chi connectivity index (χ4v) is 2.07. The molecule has 17 heavy (non-hydrogen) atoms. The van der Waals surface area contributed by atoms with Gasteiger partial charge in [-0.1, -0.05) is 12.1 Å². The zero-order valence-corrected chi connectivity index (χ0v) is 10.9. The molecule has 0 aliphatic rings. The smallest absolute Gasteiger partial charge is 0.158 e. The summed E-state index contributed by atoms with van der Waals surface area (Å²) in [7, 11) is 1.91. The molecular formula is C12H16N4S. The first-order chi connectivity index (χ1) is 8.24. The number of nitrogens with two attached hydrogens (primary N) is 1. The highest BCUT2D eigenvalue weighted by molar-refractivity contribution is 7.98. The van der Waals surface area contributed by atoms with Crippen molar-refractivity contribution >= 4 is 11.8 Å². The third-order valence-corrected chi connectivity index (χ3v) is 3.27. The molecule has 2 N–H and O–H groups in total. The van der Waals surface area contributed by atoms with Crippen LogP contribution in [0.5, 0.6) is 0 Å². The lowest BCUT2D eigenvalue weighted by Gasteiger charge is -2.01. The molecule has 1 aromatic heterocycles. The molecule has 2 rings (SSSR count). The van der Waals surface area contributed by atoms with E-state index in [1.54, 1.807) is 16.4 Å². The van der Waals surface area contributed by atoms with Crippen molar-refractivity contribution in [2.24, 2.45) is 12.8 Å². The van der Waals surface area contributed by atoms with Gasteiger partial charge in [0.05, 0.1) is 0 Å². The molecule has 0 amide bonds. The maximum atomic E-state index is 5.50. The zero-order valence-electron chi connectivity index (χ0n) is 10.1. The van der Waals surface area contributed by atoms with Crippen LogP contribution in [-0.2, 0) is 13.5 Å². The van der Waals surface area contributed by atoms with Crippen LogP contribution in [0.4, 0.5) is 0 Å². The van der Waals surface area contributed by atoms with E-state index in [0.29, 0.717) is 6.54 Å². The Kier molecular flexibility index (Phi) is 3.81. The second-order valence-electron chi connectivity index (χ2n) is 3.74. The fourth-order valence-electron chi connectivity index (χ4n) is 1.66. The standard InChI is InChI=1S/C12H16N4S/c1-16-12(14-11(15-16)7-8-13)9-3-5-10(17-2)6-4-9/h3-6H,7-8,13H2,1-2H3. The van der Waals surface area contributed by atoms with Crippen molar-refractivity contribution < 1.29 is 0 Å². The van der Waals surface area contributed by atoms with Crippen LogP contribution in [-0.4, -0.2) is 27.6 Å². The first-order valence-electron chi connectivity index (χ1n) is 5.49. The summed E-state index contributed by atoms with van der Waals surface area (Å²) >= 11 is 1.73. The molecule has 4 nitrogen and oxygen atoms in total. The number of thioether (sulfide) groups is 1. The molecule has 0 bridgehead atoms.